The van der Waals surface area contributed by atoms with E-state index in [1.54, 1.807) is 6.07 Å². The predicted molar refractivity (Wildman–Crippen MR) is 163 cm³/mol. The van der Waals surface area contributed by atoms with Crippen LogP contribution >= 0.6 is 11.6 Å². The molecule has 206 valence electrons. The quantitative estimate of drug-likeness (QED) is 0.282. The monoisotopic (exact) mass is 544 g/mol. The zero-order chi connectivity index (χ0) is 28.2. The van der Waals surface area contributed by atoms with Crippen molar-refractivity contribution < 1.29 is 15.0 Å². The van der Waals surface area contributed by atoms with E-state index in [1.807, 2.05) is 18.2 Å². The van der Waals surface area contributed by atoms with Gasteiger partial charge in [0.15, 0.2) is 0 Å². The van der Waals surface area contributed by atoms with Crippen molar-refractivity contribution in [3.05, 3.63) is 99.1 Å². The number of hydrogen-bond donors (Lipinski definition) is 2. The maximum atomic E-state index is 11.5. The van der Waals surface area contributed by atoms with Crippen LogP contribution in [-0.2, 0) is 16.6 Å². The van der Waals surface area contributed by atoms with Gasteiger partial charge in [0.2, 0.25) is 0 Å². The molecular formula is C35H41ClO3. The van der Waals surface area contributed by atoms with Crippen LogP contribution in [0, 0.1) is 13.8 Å². The molecule has 3 nitrogen and oxygen atoms in total. The second-order valence-corrected chi connectivity index (χ2v) is 11.6. The van der Waals surface area contributed by atoms with Crippen molar-refractivity contribution in [1.29, 1.82) is 0 Å². The molecule has 3 aromatic carbocycles. The molecule has 1 aliphatic carbocycles. The minimum absolute atomic E-state index is 0.110. The Morgan fingerprint density at radius 3 is 2.15 bits per heavy atom. The summed E-state index contributed by atoms with van der Waals surface area (Å²) in [4.78, 5) is 11.5. The van der Waals surface area contributed by atoms with Crippen LogP contribution in [0.5, 0.6) is 0 Å². The van der Waals surface area contributed by atoms with E-state index in [1.165, 1.54) is 23.1 Å². The first-order chi connectivity index (χ1) is 18.6. The molecular weight excluding hydrogens is 504 g/mol. The van der Waals surface area contributed by atoms with Gasteiger partial charge in [-0.25, -0.2) is 0 Å². The highest BCUT2D eigenvalue weighted by molar-refractivity contribution is 6.32. The summed E-state index contributed by atoms with van der Waals surface area (Å²) in [6, 6.07) is 18.9. The van der Waals surface area contributed by atoms with Crippen molar-refractivity contribution in [2.24, 2.45) is 0 Å². The summed E-state index contributed by atoms with van der Waals surface area (Å²) in [5.74, 6) is -0.892. The van der Waals surface area contributed by atoms with Gasteiger partial charge in [-0.1, -0.05) is 105 Å². The summed E-state index contributed by atoms with van der Waals surface area (Å²) >= 11 is 6.42. The number of carboxylic acid groups (broad SMARTS) is 1. The lowest BCUT2D eigenvalue weighted by molar-refractivity contribution is -0.136. The van der Waals surface area contributed by atoms with Gasteiger partial charge in [0, 0.05) is 10.4 Å². The minimum Gasteiger partial charge on any atom is -0.481 e. The first-order valence-corrected chi connectivity index (χ1v) is 14.6. The molecule has 39 heavy (non-hydrogen) atoms. The van der Waals surface area contributed by atoms with Crippen LogP contribution < -0.4 is 0 Å². The third-order valence-electron chi connectivity index (χ3n) is 8.84. The van der Waals surface area contributed by atoms with E-state index in [-0.39, 0.29) is 11.8 Å². The van der Waals surface area contributed by atoms with Crippen LogP contribution in [0.3, 0.4) is 0 Å². The van der Waals surface area contributed by atoms with Crippen LogP contribution in [0.2, 0.25) is 5.02 Å². The fourth-order valence-electron chi connectivity index (χ4n) is 6.37. The van der Waals surface area contributed by atoms with Crippen molar-refractivity contribution in [1.82, 2.24) is 0 Å². The molecule has 0 saturated heterocycles. The van der Waals surface area contributed by atoms with Gasteiger partial charge in [0.25, 0.3) is 0 Å². The maximum Gasteiger partial charge on any atom is 0.307 e. The average Bonchev–Trinajstić information content (AvgIpc) is 2.91. The molecule has 4 rings (SSSR count). The topological polar surface area (TPSA) is 57.5 Å². The number of aryl methyl sites for hydroxylation is 2. The lowest BCUT2D eigenvalue weighted by atomic mass is 9.69. The molecule has 1 fully saturated rings. The van der Waals surface area contributed by atoms with Gasteiger partial charge in [0.1, 0.15) is 0 Å². The molecule has 0 radical (unpaired) electrons. The summed E-state index contributed by atoms with van der Waals surface area (Å²) in [5, 5.41) is 20.8. The zero-order valence-electron chi connectivity index (χ0n) is 23.7. The normalized spacial score (nSPS) is 15.5. The van der Waals surface area contributed by atoms with Gasteiger partial charge in [-0.3, -0.25) is 4.79 Å². The third-order valence-corrected chi connectivity index (χ3v) is 9.19. The molecule has 1 aliphatic rings. The van der Waals surface area contributed by atoms with Gasteiger partial charge >= 0.3 is 5.97 Å². The van der Waals surface area contributed by atoms with Gasteiger partial charge < -0.3 is 10.2 Å². The zero-order valence-corrected chi connectivity index (χ0v) is 24.4. The Morgan fingerprint density at radius 2 is 1.56 bits per heavy atom. The number of benzene rings is 3. The van der Waals surface area contributed by atoms with Crippen LogP contribution in [0.25, 0.3) is 17.2 Å². The average molecular weight is 545 g/mol. The summed E-state index contributed by atoms with van der Waals surface area (Å²) in [6.45, 7) is 8.74. The second kappa shape index (κ2) is 12.1. The largest absolute Gasteiger partial charge is 0.481 e. The molecule has 0 atom stereocenters. The smallest absolute Gasteiger partial charge is 0.307 e. The van der Waals surface area contributed by atoms with E-state index < -0.39 is 11.6 Å². The van der Waals surface area contributed by atoms with E-state index in [0.29, 0.717) is 10.6 Å². The molecule has 0 aliphatic heterocycles. The van der Waals surface area contributed by atoms with Crippen LogP contribution in [0.4, 0.5) is 0 Å². The Morgan fingerprint density at radius 1 is 0.923 bits per heavy atom. The Hall–Kier alpha value is -2.88. The lowest BCUT2D eigenvalue weighted by Crippen LogP contribution is -2.28. The SMILES string of the molecule is CCC(CC)(c1ccc(C=CC2(O)CCCCC2)c(C)c1)c1ccc(-c2cccc(Cl)c2CC(=O)O)c(C)c1. The summed E-state index contributed by atoms with van der Waals surface area (Å²) in [6.07, 6.45) is 11.0. The molecule has 0 bridgehead atoms. The van der Waals surface area contributed by atoms with Gasteiger partial charge in [0.05, 0.1) is 12.0 Å². The molecule has 0 spiro atoms. The Balaban J connectivity index is 1.70. The predicted octanol–water partition coefficient (Wildman–Crippen LogP) is 9.07. The Kier molecular flexibility index (Phi) is 9.03. The summed E-state index contributed by atoms with van der Waals surface area (Å²) < 4.78 is 0. The molecule has 0 unspecified atom stereocenters. The van der Waals surface area contributed by atoms with E-state index in [4.69, 9.17) is 11.6 Å². The second-order valence-electron chi connectivity index (χ2n) is 11.2. The first kappa shape index (κ1) is 29.1. The van der Waals surface area contributed by atoms with Crippen molar-refractivity contribution in [3.8, 4) is 11.1 Å². The Bertz CT molecular complexity index is 1360. The van der Waals surface area contributed by atoms with Crippen LogP contribution in [0.15, 0.2) is 60.7 Å². The number of carboxylic acids is 1. The highest BCUT2D eigenvalue weighted by atomic mass is 35.5. The van der Waals surface area contributed by atoms with Gasteiger partial charge in [-0.05, 0) is 90.1 Å². The standard InChI is InChI=1S/C35H41ClO3/c1-5-35(6-2,27-14-13-26(24(3)21-27)17-20-34(39)18-8-7-9-19-34)28-15-16-29(25(4)22-28)30-11-10-12-32(36)31(30)23-33(37)38/h10-17,20-22,39H,5-9,18-19,23H2,1-4H3,(H,37,38). The Labute approximate surface area is 238 Å². The number of aliphatic hydroxyl groups is 1. The first-order valence-electron chi connectivity index (χ1n) is 14.3. The lowest BCUT2D eigenvalue weighted by Gasteiger charge is -2.34. The van der Waals surface area contributed by atoms with Crippen molar-refractivity contribution >= 4 is 23.6 Å². The van der Waals surface area contributed by atoms with Gasteiger partial charge in [-0.15, -0.1) is 0 Å². The molecule has 0 heterocycles. The molecule has 3 aromatic rings. The molecule has 2 N–H and O–H groups in total. The van der Waals surface area contributed by atoms with Crippen LogP contribution in [0.1, 0.15) is 92.2 Å². The van der Waals surface area contributed by atoms with Crippen molar-refractivity contribution in [2.75, 3.05) is 0 Å². The van der Waals surface area contributed by atoms with E-state index in [9.17, 15) is 15.0 Å². The maximum absolute atomic E-state index is 11.5. The molecule has 0 aromatic heterocycles. The highest BCUT2D eigenvalue weighted by Gasteiger charge is 2.32. The molecule has 1 saturated carbocycles. The summed E-state index contributed by atoms with van der Waals surface area (Å²) in [5.41, 5.74) is 7.73. The summed E-state index contributed by atoms with van der Waals surface area (Å²) in [7, 11) is 0. The van der Waals surface area contributed by atoms with Crippen molar-refractivity contribution in [3.63, 3.8) is 0 Å². The number of rotatable bonds is 9. The minimum atomic E-state index is -0.892. The van der Waals surface area contributed by atoms with E-state index in [0.717, 1.165) is 60.8 Å². The highest BCUT2D eigenvalue weighted by Crippen LogP contribution is 2.42. The molecule has 4 heteroatoms. The number of aliphatic carboxylic acids is 1. The van der Waals surface area contributed by atoms with Crippen molar-refractivity contribution in [2.45, 2.75) is 90.1 Å². The third kappa shape index (κ3) is 6.15. The molecule has 0 amide bonds. The number of halogens is 1. The number of hydrogen-bond acceptors (Lipinski definition) is 2. The van der Waals surface area contributed by atoms with Gasteiger partial charge in [-0.2, -0.15) is 0 Å². The van der Waals surface area contributed by atoms with Crippen LogP contribution in [-0.4, -0.2) is 21.8 Å². The fourth-order valence-corrected chi connectivity index (χ4v) is 6.62. The van der Waals surface area contributed by atoms with E-state index >= 15 is 0 Å². The van der Waals surface area contributed by atoms with E-state index in [2.05, 4.69) is 70.2 Å². The fraction of sp³-hybridized carbons (Fsp3) is 0.400. The number of carbonyl (C=O) groups is 1.